The number of thioether (sulfide) groups is 1. The summed E-state index contributed by atoms with van der Waals surface area (Å²) in [5, 5.41) is 1.70. The van der Waals surface area contributed by atoms with Gasteiger partial charge in [0, 0.05) is 10.8 Å². The lowest BCUT2D eigenvalue weighted by atomic mass is 9.91. The van der Waals surface area contributed by atoms with E-state index in [-0.39, 0.29) is 0 Å². The summed E-state index contributed by atoms with van der Waals surface area (Å²) in [5.41, 5.74) is 4.39. The lowest BCUT2D eigenvalue weighted by Crippen LogP contribution is -2.17. The van der Waals surface area contributed by atoms with Crippen LogP contribution in [0.25, 0.3) is 0 Å². The minimum Gasteiger partial charge on any atom is -0.233 e. The fourth-order valence-corrected chi connectivity index (χ4v) is 4.25. The van der Waals surface area contributed by atoms with E-state index in [1.165, 1.54) is 32.1 Å². The third kappa shape index (κ3) is 7.61. The highest BCUT2D eigenvalue weighted by molar-refractivity contribution is 8.14. The monoisotopic (exact) mass is 363 g/mol. The highest BCUT2D eigenvalue weighted by Gasteiger charge is 2.15. The van der Waals surface area contributed by atoms with E-state index in [1.54, 1.807) is 0 Å². The normalized spacial score (nSPS) is 16.8. The molecule has 0 radical (unpaired) electrons. The molecule has 0 aliphatic heterocycles. The molecule has 23 heavy (non-hydrogen) atoms. The fraction of sp³-hybridized carbons (Fsp3) is 0.526. The van der Waals surface area contributed by atoms with E-state index in [9.17, 15) is 0 Å². The van der Waals surface area contributed by atoms with Gasteiger partial charge in [-0.25, -0.2) is 4.99 Å². The second kappa shape index (κ2) is 8.96. The number of hydrogen-bond acceptors (Lipinski definition) is 2. The molecule has 0 spiro atoms. The molecule has 0 bridgehead atoms. The van der Waals surface area contributed by atoms with Gasteiger partial charge in [-0.05, 0) is 48.9 Å². The number of aliphatic imine (C=N–C) groups is 1. The summed E-state index contributed by atoms with van der Waals surface area (Å²) in [6, 6.07) is 7.69. The van der Waals surface area contributed by atoms with E-state index in [0.717, 1.165) is 27.4 Å². The predicted octanol–water partition coefficient (Wildman–Crippen LogP) is 6.56. The molecule has 1 saturated carbocycles. The van der Waals surface area contributed by atoms with Crippen LogP contribution < -0.4 is 0 Å². The zero-order valence-corrected chi connectivity index (χ0v) is 16.9. The third-order valence-corrected chi connectivity index (χ3v) is 6.01. The lowest BCUT2D eigenvalue weighted by Gasteiger charge is -2.20. The highest BCUT2D eigenvalue weighted by atomic mass is 35.5. The van der Waals surface area contributed by atoms with Gasteiger partial charge in [-0.3, -0.25) is 0 Å². The minimum absolute atomic E-state index is 0.744. The van der Waals surface area contributed by atoms with Crippen LogP contribution >= 0.6 is 23.4 Å². The largest absolute Gasteiger partial charge is 0.233 e. The van der Waals surface area contributed by atoms with Crippen LogP contribution in [0.3, 0.4) is 0 Å². The lowest BCUT2D eigenvalue weighted by molar-refractivity contribution is 0.391. The van der Waals surface area contributed by atoms with Crippen molar-refractivity contribution in [3.05, 3.63) is 29.3 Å². The molecule has 0 heterocycles. The Morgan fingerprint density at radius 3 is 2.43 bits per heavy atom. The Bertz CT molecular complexity index is 587. The zero-order valence-electron chi connectivity index (χ0n) is 14.4. The second-order valence-electron chi connectivity index (χ2n) is 7.21. The summed E-state index contributed by atoms with van der Waals surface area (Å²) in [5.74, 6) is 5.33. The van der Waals surface area contributed by atoms with Crippen molar-refractivity contribution in [2.75, 3.05) is 5.75 Å². The van der Waals surface area contributed by atoms with E-state index in [4.69, 9.17) is 16.6 Å². The average molecular weight is 364 g/mol. The van der Waals surface area contributed by atoms with Gasteiger partial charge >= 0.3 is 0 Å². The maximum Gasteiger partial charge on any atom is 0.146 e. The molecule has 1 aromatic carbocycles. The SMILES string of the molecule is C[Si](C)(C)C#CC(=Nc1ccc(Cl)cc1)SCC1CCCCC1. The Hall–Kier alpha value is -0.693. The van der Waals surface area contributed by atoms with Crippen LogP contribution in [0.2, 0.25) is 24.7 Å². The number of nitrogens with zero attached hydrogens (tertiary/aromatic N) is 1. The molecule has 1 aromatic rings. The van der Waals surface area contributed by atoms with Gasteiger partial charge in [0.05, 0.1) is 5.69 Å². The van der Waals surface area contributed by atoms with Crippen molar-refractivity contribution in [2.45, 2.75) is 51.7 Å². The van der Waals surface area contributed by atoms with Crippen LogP contribution in [0.4, 0.5) is 5.69 Å². The van der Waals surface area contributed by atoms with Crippen molar-refractivity contribution in [3.63, 3.8) is 0 Å². The molecular weight excluding hydrogens is 338 g/mol. The van der Waals surface area contributed by atoms with Crippen LogP contribution in [0.5, 0.6) is 0 Å². The molecule has 4 heteroatoms. The first-order chi connectivity index (χ1) is 10.9. The van der Waals surface area contributed by atoms with E-state index >= 15 is 0 Å². The van der Waals surface area contributed by atoms with E-state index in [1.807, 2.05) is 36.0 Å². The fourth-order valence-electron chi connectivity index (χ4n) is 2.52. The smallest absolute Gasteiger partial charge is 0.146 e. The highest BCUT2D eigenvalue weighted by Crippen LogP contribution is 2.28. The van der Waals surface area contributed by atoms with Gasteiger partial charge in [0.25, 0.3) is 0 Å². The second-order valence-corrected chi connectivity index (χ2v) is 13.4. The standard InChI is InChI=1S/C19H26ClNSSi/c1-23(2,3)14-13-19(21-18-11-9-17(20)10-12-18)22-15-16-7-5-4-6-8-16/h9-12,16H,4-8,15H2,1-3H3. The van der Waals surface area contributed by atoms with Crippen molar-refractivity contribution < 1.29 is 0 Å². The molecule has 1 aliphatic carbocycles. The Morgan fingerprint density at radius 1 is 1.17 bits per heavy atom. The molecule has 0 amide bonds. The van der Waals surface area contributed by atoms with Crippen LogP contribution in [-0.2, 0) is 0 Å². The number of halogens is 1. The molecule has 1 nitrogen and oxygen atoms in total. The third-order valence-electron chi connectivity index (χ3n) is 3.78. The van der Waals surface area contributed by atoms with Crippen molar-refractivity contribution in [1.29, 1.82) is 0 Å². The van der Waals surface area contributed by atoms with Crippen LogP contribution in [-0.4, -0.2) is 18.9 Å². The Labute approximate surface area is 151 Å². The molecule has 1 aliphatic rings. The minimum atomic E-state index is -1.39. The number of rotatable bonds is 3. The van der Waals surface area contributed by atoms with Gasteiger partial charge in [0.1, 0.15) is 13.1 Å². The Morgan fingerprint density at radius 2 is 1.83 bits per heavy atom. The van der Waals surface area contributed by atoms with Crippen molar-refractivity contribution in [3.8, 4) is 11.5 Å². The molecule has 124 valence electrons. The van der Waals surface area contributed by atoms with E-state index < -0.39 is 8.07 Å². The zero-order chi connectivity index (χ0) is 16.7. The first kappa shape index (κ1) is 18.6. The summed E-state index contributed by atoms with van der Waals surface area (Å²) >= 11 is 7.79. The molecule has 0 saturated heterocycles. The van der Waals surface area contributed by atoms with Crippen LogP contribution in [0.15, 0.2) is 29.3 Å². The Balaban J connectivity index is 2.09. The number of benzene rings is 1. The van der Waals surface area contributed by atoms with E-state index in [2.05, 4.69) is 31.1 Å². The number of hydrogen-bond donors (Lipinski definition) is 0. The van der Waals surface area contributed by atoms with Gasteiger partial charge in [0.15, 0.2) is 0 Å². The summed E-state index contributed by atoms with van der Waals surface area (Å²) < 4.78 is 0. The first-order valence-corrected chi connectivity index (χ1v) is 13.3. The predicted molar refractivity (Wildman–Crippen MR) is 109 cm³/mol. The molecular formula is C19H26ClNSSi. The van der Waals surface area contributed by atoms with Crippen molar-refractivity contribution in [1.82, 2.24) is 0 Å². The summed E-state index contributed by atoms with van der Waals surface area (Å²) in [6.07, 6.45) is 6.90. The molecule has 0 atom stereocenters. The maximum atomic E-state index is 5.96. The molecule has 2 rings (SSSR count). The van der Waals surface area contributed by atoms with Gasteiger partial charge in [-0.1, -0.05) is 62.3 Å². The van der Waals surface area contributed by atoms with E-state index in [0.29, 0.717) is 0 Å². The van der Waals surface area contributed by atoms with Gasteiger partial charge < -0.3 is 0 Å². The van der Waals surface area contributed by atoms with Crippen molar-refractivity contribution in [2.24, 2.45) is 10.9 Å². The van der Waals surface area contributed by atoms with Crippen LogP contribution in [0.1, 0.15) is 32.1 Å². The molecule has 1 fully saturated rings. The van der Waals surface area contributed by atoms with Gasteiger partial charge in [-0.2, -0.15) is 0 Å². The molecule has 0 unspecified atom stereocenters. The molecule has 0 N–H and O–H groups in total. The Kier molecular flexibility index (Phi) is 7.27. The summed E-state index contributed by atoms with van der Waals surface area (Å²) in [6.45, 7) is 6.81. The summed E-state index contributed by atoms with van der Waals surface area (Å²) in [4.78, 5) is 4.76. The maximum absolute atomic E-state index is 5.96. The summed E-state index contributed by atoms with van der Waals surface area (Å²) in [7, 11) is -1.39. The molecule has 0 aromatic heterocycles. The first-order valence-electron chi connectivity index (χ1n) is 8.43. The van der Waals surface area contributed by atoms with Gasteiger partial charge in [-0.15, -0.1) is 5.54 Å². The average Bonchev–Trinajstić information content (AvgIpc) is 2.52. The van der Waals surface area contributed by atoms with Crippen LogP contribution in [0, 0.1) is 17.4 Å². The van der Waals surface area contributed by atoms with Crippen molar-refractivity contribution >= 4 is 42.2 Å². The quantitative estimate of drug-likeness (QED) is 0.256. The topological polar surface area (TPSA) is 12.4 Å². The van der Waals surface area contributed by atoms with Gasteiger partial charge in [0.2, 0.25) is 0 Å².